The van der Waals surface area contributed by atoms with Gasteiger partial charge in [0.15, 0.2) is 0 Å². The van der Waals surface area contributed by atoms with Crippen molar-refractivity contribution in [3.63, 3.8) is 0 Å². The van der Waals surface area contributed by atoms with Crippen LogP contribution in [0.4, 0.5) is 4.79 Å². The van der Waals surface area contributed by atoms with Crippen LogP contribution in [0.2, 0.25) is 0 Å². The highest BCUT2D eigenvalue weighted by Crippen LogP contribution is 2.09. The molecule has 0 fully saturated rings. The van der Waals surface area contributed by atoms with Crippen LogP contribution in [0.25, 0.3) is 0 Å². The second kappa shape index (κ2) is 4.77. The SMILES string of the molecule is O=C(OCBr)Oc1ccccc1. The molecule has 1 aromatic carbocycles. The molecule has 0 unspecified atom stereocenters. The topological polar surface area (TPSA) is 35.5 Å². The Morgan fingerprint density at radius 2 is 2.00 bits per heavy atom. The van der Waals surface area contributed by atoms with Crippen molar-refractivity contribution in [2.75, 3.05) is 5.52 Å². The van der Waals surface area contributed by atoms with E-state index in [1.807, 2.05) is 6.07 Å². The zero-order valence-electron chi connectivity index (χ0n) is 6.20. The maximum absolute atomic E-state index is 10.7. The van der Waals surface area contributed by atoms with Gasteiger partial charge in [-0.3, -0.25) is 0 Å². The standard InChI is InChI=1S/C8H7BrO3/c9-6-11-8(10)12-7-4-2-1-3-5-7/h1-5H,6H2. The number of hydrogen-bond donors (Lipinski definition) is 0. The lowest BCUT2D eigenvalue weighted by atomic mass is 10.3. The van der Waals surface area contributed by atoms with Gasteiger partial charge in [-0.25, -0.2) is 4.79 Å². The fourth-order valence-electron chi connectivity index (χ4n) is 0.659. The maximum atomic E-state index is 10.7. The molecule has 0 amide bonds. The lowest BCUT2D eigenvalue weighted by molar-refractivity contribution is 0.117. The van der Waals surface area contributed by atoms with Gasteiger partial charge < -0.3 is 9.47 Å². The van der Waals surface area contributed by atoms with E-state index in [4.69, 9.17) is 4.74 Å². The Balaban J connectivity index is 2.47. The van der Waals surface area contributed by atoms with Crippen molar-refractivity contribution < 1.29 is 14.3 Å². The minimum atomic E-state index is -0.710. The average molecular weight is 231 g/mol. The van der Waals surface area contributed by atoms with Crippen molar-refractivity contribution in [3.8, 4) is 5.75 Å². The Labute approximate surface area is 78.4 Å². The number of halogens is 1. The molecule has 1 rings (SSSR count). The van der Waals surface area contributed by atoms with E-state index in [1.165, 1.54) is 0 Å². The third-order valence-electron chi connectivity index (χ3n) is 1.12. The van der Waals surface area contributed by atoms with E-state index in [1.54, 1.807) is 24.3 Å². The molecule has 0 aliphatic carbocycles. The molecule has 0 bridgehead atoms. The maximum Gasteiger partial charge on any atom is 0.514 e. The Morgan fingerprint density at radius 1 is 1.33 bits per heavy atom. The summed E-state index contributed by atoms with van der Waals surface area (Å²) < 4.78 is 9.26. The highest BCUT2D eigenvalue weighted by atomic mass is 79.9. The van der Waals surface area contributed by atoms with Crippen molar-refractivity contribution in [2.24, 2.45) is 0 Å². The first kappa shape index (κ1) is 9.06. The van der Waals surface area contributed by atoms with Crippen LogP contribution >= 0.6 is 15.9 Å². The molecule has 0 spiro atoms. The van der Waals surface area contributed by atoms with Gasteiger partial charge in [-0.05, 0) is 28.1 Å². The van der Waals surface area contributed by atoms with Crippen LogP contribution in [-0.2, 0) is 4.74 Å². The van der Waals surface area contributed by atoms with Crippen molar-refractivity contribution in [1.29, 1.82) is 0 Å². The summed E-state index contributed by atoms with van der Waals surface area (Å²) in [6, 6.07) is 8.74. The Hall–Kier alpha value is -1.03. The van der Waals surface area contributed by atoms with Gasteiger partial charge in [-0.2, -0.15) is 0 Å². The summed E-state index contributed by atoms with van der Waals surface area (Å²) in [7, 11) is 0. The molecule has 0 aromatic heterocycles. The van der Waals surface area contributed by atoms with E-state index in [2.05, 4.69) is 20.7 Å². The van der Waals surface area contributed by atoms with Crippen LogP contribution in [0.15, 0.2) is 30.3 Å². The van der Waals surface area contributed by atoms with Gasteiger partial charge in [-0.1, -0.05) is 18.2 Å². The quantitative estimate of drug-likeness (QED) is 0.445. The number of ether oxygens (including phenoxy) is 2. The monoisotopic (exact) mass is 230 g/mol. The van der Waals surface area contributed by atoms with Gasteiger partial charge in [0.2, 0.25) is 0 Å². The lowest BCUT2D eigenvalue weighted by Crippen LogP contribution is -2.08. The number of benzene rings is 1. The third kappa shape index (κ3) is 2.92. The fraction of sp³-hybridized carbons (Fsp3) is 0.125. The molecule has 1 aromatic rings. The zero-order valence-corrected chi connectivity index (χ0v) is 7.78. The smallest absolute Gasteiger partial charge is 0.422 e. The molecule has 64 valence electrons. The highest BCUT2D eigenvalue weighted by Gasteiger charge is 2.02. The molecule has 0 N–H and O–H groups in total. The molecule has 0 saturated heterocycles. The summed E-state index contributed by atoms with van der Waals surface area (Å²) in [5.74, 6) is 0.475. The van der Waals surface area contributed by atoms with E-state index in [9.17, 15) is 4.79 Å². The molecular weight excluding hydrogens is 224 g/mol. The minimum Gasteiger partial charge on any atom is -0.422 e. The normalized spacial score (nSPS) is 9.08. The fourth-order valence-corrected chi connectivity index (χ4v) is 0.846. The number of para-hydroxylation sites is 1. The van der Waals surface area contributed by atoms with E-state index in [-0.39, 0.29) is 5.52 Å². The minimum absolute atomic E-state index is 0.138. The summed E-state index contributed by atoms with van der Waals surface area (Å²) in [5, 5.41) is 0. The Bertz CT molecular complexity index is 248. The number of rotatable bonds is 2. The van der Waals surface area contributed by atoms with Crippen LogP contribution in [0.3, 0.4) is 0 Å². The van der Waals surface area contributed by atoms with Crippen molar-refractivity contribution in [3.05, 3.63) is 30.3 Å². The molecule has 0 heterocycles. The third-order valence-corrected chi connectivity index (χ3v) is 1.35. The van der Waals surface area contributed by atoms with Crippen molar-refractivity contribution >= 4 is 22.1 Å². The van der Waals surface area contributed by atoms with E-state index < -0.39 is 6.16 Å². The van der Waals surface area contributed by atoms with Crippen LogP contribution in [0.5, 0.6) is 5.75 Å². The molecule has 0 radical (unpaired) electrons. The summed E-state index contributed by atoms with van der Waals surface area (Å²) >= 11 is 2.94. The molecule has 0 atom stereocenters. The van der Waals surface area contributed by atoms with Gasteiger partial charge in [0.05, 0.1) is 0 Å². The summed E-state index contributed by atoms with van der Waals surface area (Å²) in [4.78, 5) is 10.7. The zero-order chi connectivity index (χ0) is 8.81. The number of carbonyl (C=O) groups excluding carboxylic acids is 1. The number of alkyl halides is 1. The van der Waals surface area contributed by atoms with Gasteiger partial charge in [0.1, 0.15) is 11.3 Å². The molecular formula is C8H7BrO3. The Kier molecular flexibility index (Phi) is 3.60. The van der Waals surface area contributed by atoms with E-state index >= 15 is 0 Å². The predicted molar refractivity (Wildman–Crippen MR) is 47.3 cm³/mol. The number of hydrogen-bond acceptors (Lipinski definition) is 3. The van der Waals surface area contributed by atoms with Crippen molar-refractivity contribution in [2.45, 2.75) is 0 Å². The Morgan fingerprint density at radius 3 is 2.58 bits per heavy atom. The predicted octanol–water partition coefficient (Wildman–Crippen LogP) is 2.55. The first-order chi connectivity index (χ1) is 5.83. The van der Waals surface area contributed by atoms with Crippen LogP contribution in [0, 0.1) is 0 Å². The van der Waals surface area contributed by atoms with Crippen LogP contribution in [0.1, 0.15) is 0 Å². The van der Waals surface area contributed by atoms with Gasteiger partial charge in [0, 0.05) is 0 Å². The molecule has 4 heteroatoms. The molecule has 12 heavy (non-hydrogen) atoms. The lowest BCUT2D eigenvalue weighted by Gasteiger charge is -2.01. The summed E-state index contributed by atoms with van der Waals surface area (Å²) in [5.41, 5.74) is 0.138. The van der Waals surface area contributed by atoms with Crippen molar-refractivity contribution in [1.82, 2.24) is 0 Å². The average Bonchev–Trinajstić information content (AvgIpc) is 2.06. The van der Waals surface area contributed by atoms with Crippen LogP contribution < -0.4 is 4.74 Å². The van der Waals surface area contributed by atoms with Crippen LogP contribution in [-0.4, -0.2) is 11.7 Å². The van der Waals surface area contributed by atoms with Gasteiger partial charge in [-0.15, -0.1) is 0 Å². The molecule has 0 saturated carbocycles. The van der Waals surface area contributed by atoms with E-state index in [0.29, 0.717) is 5.75 Å². The molecule has 3 nitrogen and oxygen atoms in total. The first-order valence-electron chi connectivity index (χ1n) is 3.28. The van der Waals surface area contributed by atoms with Gasteiger partial charge in [0.25, 0.3) is 0 Å². The second-order valence-electron chi connectivity index (χ2n) is 1.92. The number of carbonyl (C=O) groups is 1. The summed E-state index contributed by atoms with van der Waals surface area (Å²) in [6.07, 6.45) is -0.710. The highest BCUT2D eigenvalue weighted by molar-refractivity contribution is 9.09. The molecule has 0 aliphatic rings. The summed E-state index contributed by atoms with van der Waals surface area (Å²) in [6.45, 7) is 0. The molecule has 0 aliphatic heterocycles. The van der Waals surface area contributed by atoms with Gasteiger partial charge >= 0.3 is 6.16 Å². The van der Waals surface area contributed by atoms with E-state index in [0.717, 1.165) is 0 Å². The second-order valence-corrected chi connectivity index (χ2v) is 2.38. The largest absolute Gasteiger partial charge is 0.514 e. The first-order valence-corrected chi connectivity index (χ1v) is 4.40.